The number of aromatic nitrogens is 4. The summed E-state index contributed by atoms with van der Waals surface area (Å²) in [5.74, 6) is 8.17. The van der Waals surface area contributed by atoms with Crippen LogP contribution in [0.25, 0.3) is 22.3 Å². The molecule has 2 aliphatic rings. The van der Waals surface area contributed by atoms with Crippen LogP contribution < -0.4 is 5.32 Å². The number of H-pyrrole nitrogens is 2. The number of carbonyl (C=O) groups excluding carboxylic acids is 3. The Morgan fingerprint density at radius 1 is 0.922 bits per heavy atom. The Morgan fingerprint density at radius 2 is 1.65 bits per heavy atom. The highest BCUT2D eigenvalue weighted by Crippen LogP contribution is 2.34. The van der Waals surface area contributed by atoms with Gasteiger partial charge in [0.2, 0.25) is 11.8 Å². The maximum Gasteiger partial charge on any atom is 0.407 e. The third-order valence-corrected chi connectivity index (χ3v) is 10.0. The van der Waals surface area contributed by atoms with E-state index in [2.05, 4.69) is 46.0 Å². The van der Waals surface area contributed by atoms with Gasteiger partial charge in [-0.15, -0.1) is 0 Å². The Kier molecular flexibility index (Phi) is 10.3. The number of carbonyl (C=O) groups is 3. The summed E-state index contributed by atoms with van der Waals surface area (Å²) in [5.41, 5.74) is 6.26. The first-order chi connectivity index (χ1) is 24.4. The minimum Gasteiger partial charge on any atom is -0.453 e. The Bertz CT molecular complexity index is 2010. The van der Waals surface area contributed by atoms with Gasteiger partial charge in [0.15, 0.2) is 0 Å². The van der Waals surface area contributed by atoms with Crippen LogP contribution in [-0.4, -0.2) is 73.9 Å². The maximum absolute atomic E-state index is 13.6. The number of likely N-dealkylation sites (tertiary alicyclic amines) is 1. The molecule has 6 rings (SSSR count). The van der Waals surface area contributed by atoms with Gasteiger partial charge in [0, 0.05) is 30.1 Å². The SMILES string of the molecule is COC(=O)N[C@H](C(=O)N1CC(C)=C[C@H]1c1nc2ccc(C#Cc3ccc(-c4cnc([C@@H]5CCCN5C(=O)[C@@H](C)C(C)C)[nH]4)cc3)cc2[nH]1)C(C)C. The van der Waals surface area contributed by atoms with Gasteiger partial charge in [-0.3, -0.25) is 9.59 Å². The van der Waals surface area contributed by atoms with Crippen molar-refractivity contribution in [2.45, 2.75) is 72.5 Å². The molecule has 2 aromatic heterocycles. The monoisotopic (exact) mass is 689 g/mol. The Labute approximate surface area is 299 Å². The van der Waals surface area contributed by atoms with Crippen molar-refractivity contribution in [3.05, 3.63) is 83.1 Å². The van der Waals surface area contributed by atoms with Crippen LogP contribution in [0.5, 0.6) is 0 Å². The third-order valence-electron chi connectivity index (χ3n) is 10.0. The molecule has 0 bridgehead atoms. The Balaban J connectivity index is 1.15. The summed E-state index contributed by atoms with van der Waals surface area (Å²) < 4.78 is 4.76. The highest BCUT2D eigenvalue weighted by molar-refractivity contribution is 5.87. The lowest BCUT2D eigenvalue weighted by atomic mass is 9.96. The van der Waals surface area contributed by atoms with Crippen LogP contribution in [0.15, 0.2) is 60.3 Å². The molecule has 0 aliphatic carbocycles. The minimum absolute atomic E-state index is 0.0173. The number of methoxy groups -OCH3 is 1. The van der Waals surface area contributed by atoms with Gasteiger partial charge in [0.05, 0.1) is 36.1 Å². The van der Waals surface area contributed by atoms with E-state index in [0.717, 1.165) is 64.2 Å². The van der Waals surface area contributed by atoms with E-state index in [-0.39, 0.29) is 29.7 Å². The summed E-state index contributed by atoms with van der Waals surface area (Å²) in [6.07, 6.45) is 5.12. The molecule has 0 spiro atoms. The normalized spacial score (nSPS) is 18.5. The van der Waals surface area contributed by atoms with Gasteiger partial charge in [-0.25, -0.2) is 14.8 Å². The van der Waals surface area contributed by atoms with Gasteiger partial charge >= 0.3 is 6.09 Å². The quantitative estimate of drug-likeness (QED) is 0.142. The van der Waals surface area contributed by atoms with Crippen LogP contribution in [0.1, 0.15) is 89.2 Å². The molecule has 3 amide bonds. The highest BCUT2D eigenvalue weighted by atomic mass is 16.5. The number of alkyl carbamates (subject to hydrolysis) is 1. The molecule has 2 aromatic carbocycles. The average molecular weight is 690 g/mol. The number of imidazole rings is 2. The number of rotatable bonds is 8. The summed E-state index contributed by atoms with van der Waals surface area (Å²) in [7, 11) is 1.28. The first-order valence-electron chi connectivity index (χ1n) is 17.7. The number of nitrogens with one attached hydrogen (secondary N) is 3. The molecule has 11 heteroatoms. The zero-order valence-corrected chi connectivity index (χ0v) is 30.4. The van der Waals surface area contributed by atoms with Crippen LogP contribution in [0.3, 0.4) is 0 Å². The number of fused-ring (bicyclic) bond motifs is 1. The summed E-state index contributed by atoms with van der Waals surface area (Å²) in [5, 5.41) is 2.69. The lowest BCUT2D eigenvalue weighted by Gasteiger charge is -2.30. The second-order valence-electron chi connectivity index (χ2n) is 14.4. The van der Waals surface area contributed by atoms with Crippen molar-refractivity contribution in [3.8, 4) is 23.1 Å². The van der Waals surface area contributed by atoms with E-state index in [9.17, 15) is 14.4 Å². The summed E-state index contributed by atoms with van der Waals surface area (Å²) >= 11 is 0. The lowest BCUT2D eigenvalue weighted by Crippen LogP contribution is -2.51. The molecule has 4 aromatic rings. The summed E-state index contributed by atoms with van der Waals surface area (Å²) in [6.45, 7) is 13.2. The number of aromatic amines is 2. The molecule has 11 nitrogen and oxygen atoms in total. The van der Waals surface area contributed by atoms with Crippen LogP contribution in [0.2, 0.25) is 0 Å². The van der Waals surface area contributed by atoms with Crippen molar-refractivity contribution in [3.63, 3.8) is 0 Å². The van der Waals surface area contributed by atoms with E-state index in [1.807, 2.05) is 87.3 Å². The van der Waals surface area contributed by atoms with Crippen molar-refractivity contribution in [1.82, 2.24) is 35.1 Å². The molecule has 4 atom stereocenters. The van der Waals surface area contributed by atoms with Gasteiger partial charge < -0.3 is 29.8 Å². The Hall–Kier alpha value is -5.37. The number of nitrogens with zero attached hydrogens (tertiary/aromatic N) is 4. The molecule has 1 fully saturated rings. The molecule has 2 aliphatic heterocycles. The van der Waals surface area contributed by atoms with Crippen molar-refractivity contribution in [2.24, 2.45) is 17.8 Å². The fourth-order valence-corrected chi connectivity index (χ4v) is 6.74. The fourth-order valence-electron chi connectivity index (χ4n) is 6.74. The molecule has 4 heterocycles. The fraction of sp³-hybridized carbons (Fsp3) is 0.425. The van der Waals surface area contributed by atoms with Crippen LogP contribution in [0.4, 0.5) is 4.79 Å². The molecular formula is C40H47N7O4. The summed E-state index contributed by atoms with van der Waals surface area (Å²) in [6, 6.07) is 12.7. The first kappa shape index (κ1) is 35.5. The average Bonchev–Trinajstić information content (AvgIpc) is 3.94. The molecule has 1 saturated heterocycles. The van der Waals surface area contributed by atoms with Crippen molar-refractivity contribution >= 4 is 28.9 Å². The molecule has 51 heavy (non-hydrogen) atoms. The molecule has 0 radical (unpaired) electrons. The van der Waals surface area contributed by atoms with Gasteiger partial charge in [0.25, 0.3) is 0 Å². The second kappa shape index (κ2) is 14.9. The van der Waals surface area contributed by atoms with Crippen molar-refractivity contribution in [2.75, 3.05) is 20.2 Å². The van der Waals surface area contributed by atoms with Gasteiger partial charge in [-0.2, -0.15) is 0 Å². The second-order valence-corrected chi connectivity index (χ2v) is 14.4. The zero-order valence-electron chi connectivity index (χ0n) is 30.4. The van der Waals surface area contributed by atoms with E-state index in [1.165, 1.54) is 7.11 Å². The smallest absolute Gasteiger partial charge is 0.407 e. The van der Waals surface area contributed by atoms with E-state index >= 15 is 0 Å². The van der Waals surface area contributed by atoms with Crippen molar-refractivity contribution in [1.29, 1.82) is 0 Å². The number of hydrogen-bond acceptors (Lipinski definition) is 6. The van der Waals surface area contributed by atoms with Gasteiger partial charge in [-0.1, -0.05) is 70.2 Å². The van der Waals surface area contributed by atoms with Crippen LogP contribution in [-0.2, 0) is 14.3 Å². The largest absolute Gasteiger partial charge is 0.453 e. The van der Waals surface area contributed by atoms with E-state index in [4.69, 9.17) is 9.72 Å². The lowest BCUT2D eigenvalue weighted by molar-refractivity contribution is -0.137. The van der Waals surface area contributed by atoms with Crippen LogP contribution >= 0.6 is 0 Å². The van der Waals surface area contributed by atoms with Crippen LogP contribution in [0, 0.1) is 29.6 Å². The maximum atomic E-state index is 13.6. The number of amides is 3. The van der Waals surface area contributed by atoms with Gasteiger partial charge in [0.1, 0.15) is 23.7 Å². The standard InChI is InChI=1S/C40H47N7O4/c1-23(2)26(6)38(48)46-18-8-9-33(46)36-41-21-32(44-36)29-15-12-27(13-16-29)10-11-28-14-17-30-31(20-28)43-37(42-30)34-19-25(5)22-47(34)39(49)35(24(3)4)45-40(50)51-7/h12-17,19-21,23-24,26,33-35H,8-9,18,22H2,1-7H3,(H,41,44)(H,42,43)(H,45,50)/t26-,33-,34-,35-/m0/s1. The van der Waals surface area contributed by atoms with Gasteiger partial charge in [-0.05, 0) is 67.5 Å². The predicted octanol–water partition coefficient (Wildman–Crippen LogP) is 6.52. The Morgan fingerprint density at radius 3 is 2.35 bits per heavy atom. The minimum atomic E-state index is -0.727. The number of ether oxygens (including phenoxy) is 1. The molecular weight excluding hydrogens is 642 g/mol. The van der Waals surface area contributed by atoms with E-state index in [0.29, 0.717) is 18.3 Å². The van der Waals surface area contributed by atoms with Crippen molar-refractivity contribution < 1.29 is 19.1 Å². The third kappa shape index (κ3) is 7.55. The predicted molar refractivity (Wildman–Crippen MR) is 196 cm³/mol. The summed E-state index contributed by atoms with van der Waals surface area (Å²) in [4.78, 5) is 58.8. The topological polar surface area (TPSA) is 136 Å². The molecule has 0 unspecified atom stereocenters. The molecule has 266 valence electrons. The molecule has 3 N–H and O–H groups in total. The zero-order chi connectivity index (χ0) is 36.4. The highest BCUT2D eigenvalue weighted by Gasteiger charge is 2.37. The number of benzene rings is 2. The number of hydrogen-bond donors (Lipinski definition) is 3. The van der Waals surface area contributed by atoms with E-state index < -0.39 is 18.2 Å². The molecule has 0 saturated carbocycles. The van der Waals surface area contributed by atoms with E-state index in [1.54, 1.807) is 4.90 Å². The first-order valence-corrected chi connectivity index (χ1v) is 17.7.